The van der Waals surface area contributed by atoms with Crippen LogP contribution in [0, 0.1) is 0 Å². The maximum absolute atomic E-state index is 11.0. The first kappa shape index (κ1) is 13.4. The number of hydrogen-bond donors (Lipinski definition) is 0. The molecule has 0 aliphatic heterocycles. The molecular formula is C12H13ClO4. The van der Waals surface area contributed by atoms with Crippen LogP contribution in [-0.2, 0) is 9.53 Å². The molecule has 5 heteroatoms. The van der Waals surface area contributed by atoms with E-state index in [0.29, 0.717) is 22.1 Å². The first-order chi connectivity index (χ1) is 8.13. The summed E-state index contributed by atoms with van der Waals surface area (Å²) in [5.74, 6) is 0.518. The molecule has 1 rings (SSSR count). The van der Waals surface area contributed by atoms with Crippen molar-refractivity contribution in [3.05, 3.63) is 28.8 Å². The molecule has 0 heterocycles. The van der Waals surface area contributed by atoms with Gasteiger partial charge in [0.2, 0.25) is 0 Å². The second kappa shape index (κ2) is 6.15. The number of carbonyl (C=O) groups excluding carboxylic acids is 1. The summed E-state index contributed by atoms with van der Waals surface area (Å²) in [5, 5.41) is 0.381. The lowest BCUT2D eigenvalue weighted by Crippen LogP contribution is -1.95. The standard InChI is InChI=1S/C12H13ClO4/c1-15-9-6-4-8(5-7-10(14)16-2)11(13)12(9)17-3/h4-7H,1-3H3/b7-5-. The summed E-state index contributed by atoms with van der Waals surface area (Å²) >= 11 is 6.11. The monoisotopic (exact) mass is 256 g/mol. The van der Waals surface area contributed by atoms with Crippen LogP contribution in [0.1, 0.15) is 5.56 Å². The van der Waals surface area contributed by atoms with E-state index in [1.807, 2.05) is 0 Å². The van der Waals surface area contributed by atoms with Crippen LogP contribution >= 0.6 is 11.6 Å². The number of hydrogen-bond acceptors (Lipinski definition) is 4. The van der Waals surface area contributed by atoms with Crippen molar-refractivity contribution in [1.82, 2.24) is 0 Å². The summed E-state index contributed by atoms with van der Waals surface area (Å²) in [6.45, 7) is 0. The van der Waals surface area contributed by atoms with Crippen molar-refractivity contribution in [2.24, 2.45) is 0 Å². The molecule has 4 nitrogen and oxygen atoms in total. The largest absolute Gasteiger partial charge is 0.493 e. The van der Waals surface area contributed by atoms with Crippen molar-refractivity contribution in [2.45, 2.75) is 0 Å². The Hall–Kier alpha value is -1.68. The molecule has 92 valence electrons. The zero-order chi connectivity index (χ0) is 12.8. The van der Waals surface area contributed by atoms with Gasteiger partial charge in [0.15, 0.2) is 11.5 Å². The molecule has 0 saturated heterocycles. The third kappa shape index (κ3) is 3.14. The van der Waals surface area contributed by atoms with E-state index in [1.54, 1.807) is 18.2 Å². The summed E-state index contributed by atoms with van der Waals surface area (Å²) in [6, 6.07) is 3.44. The third-order valence-corrected chi connectivity index (χ3v) is 2.50. The zero-order valence-electron chi connectivity index (χ0n) is 9.82. The molecule has 1 aromatic carbocycles. The van der Waals surface area contributed by atoms with Crippen molar-refractivity contribution in [2.75, 3.05) is 21.3 Å². The minimum Gasteiger partial charge on any atom is -0.493 e. The Labute approximate surface area is 105 Å². The van der Waals surface area contributed by atoms with Crippen LogP contribution in [0.2, 0.25) is 5.02 Å². The molecule has 1 aromatic rings. The van der Waals surface area contributed by atoms with Gasteiger partial charge < -0.3 is 14.2 Å². The smallest absolute Gasteiger partial charge is 0.330 e. The highest BCUT2D eigenvalue weighted by molar-refractivity contribution is 6.33. The second-order valence-corrected chi connectivity index (χ2v) is 3.44. The van der Waals surface area contributed by atoms with E-state index in [1.165, 1.54) is 27.4 Å². The zero-order valence-corrected chi connectivity index (χ0v) is 10.6. The topological polar surface area (TPSA) is 44.8 Å². The Bertz CT molecular complexity index is 440. The molecule has 0 unspecified atom stereocenters. The fourth-order valence-corrected chi connectivity index (χ4v) is 1.56. The third-order valence-electron chi connectivity index (χ3n) is 2.12. The van der Waals surface area contributed by atoms with E-state index in [9.17, 15) is 4.79 Å². The summed E-state index contributed by atoms with van der Waals surface area (Å²) in [7, 11) is 4.33. The van der Waals surface area contributed by atoms with Gasteiger partial charge >= 0.3 is 5.97 Å². The van der Waals surface area contributed by atoms with Crippen molar-refractivity contribution in [3.63, 3.8) is 0 Å². The average Bonchev–Trinajstić information content (AvgIpc) is 2.36. The first-order valence-corrected chi connectivity index (χ1v) is 5.18. The quantitative estimate of drug-likeness (QED) is 0.613. The highest BCUT2D eigenvalue weighted by Gasteiger charge is 2.11. The summed E-state index contributed by atoms with van der Waals surface area (Å²) in [4.78, 5) is 11.0. The maximum Gasteiger partial charge on any atom is 0.330 e. The normalized spacial score (nSPS) is 10.4. The lowest BCUT2D eigenvalue weighted by atomic mass is 10.2. The molecular weight excluding hydrogens is 244 g/mol. The van der Waals surface area contributed by atoms with Gasteiger partial charge in [-0.05, 0) is 23.8 Å². The SMILES string of the molecule is COC(=O)/C=C\c1ccc(OC)c(OC)c1Cl. The van der Waals surface area contributed by atoms with Gasteiger partial charge in [-0.15, -0.1) is 0 Å². The van der Waals surface area contributed by atoms with Crippen LogP contribution in [0.3, 0.4) is 0 Å². The molecule has 0 N–H and O–H groups in total. The molecule has 0 saturated carbocycles. The van der Waals surface area contributed by atoms with Gasteiger partial charge in [-0.2, -0.15) is 0 Å². The van der Waals surface area contributed by atoms with E-state index >= 15 is 0 Å². The fraction of sp³-hybridized carbons (Fsp3) is 0.250. The molecule has 0 fully saturated rings. The van der Waals surface area contributed by atoms with E-state index < -0.39 is 5.97 Å². The van der Waals surface area contributed by atoms with Gasteiger partial charge in [-0.3, -0.25) is 0 Å². The van der Waals surface area contributed by atoms with E-state index in [2.05, 4.69) is 4.74 Å². The van der Waals surface area contributed by atoms with Gasteiger partial charge in [-0.25, -0.2) is 4.79 Å². The Morgan fingerprint density at radius 2 is 1.94 bits per heavy atom. The predicted molar refractivity (Wildman–Crippen MR) is 65.6 cm³/mol. The van der Waals surface area contributed by atoms with Gasteiger partial charge in [0.25, 0.3) is 0 Å². The van der Waals surface area contributed by atoms with E-state index in [4.69, 9.17) is 21.1 Å². The number of halogens is 1. The van der Waals surface area contributed by atoms with Crippen LogP contribution in [0.15, 0.2) is 18.2 Å². The second-order valence-electron chi connectivity index (χ2n) is 3.06. The van der Waals surface area contributed by atoms with E-state index in [-0.39, 0.29) is 0 Å². The van der Waals surface area contributed by atoms with E-state index in [0.717, 1.165) is 0 Å². The minimum atomic E-state index is -0.448. The summed E-state index contributed by atoms with van der Waals surface area (Å²) in [6.07, 6.45) is 2.84. The number of benzene rings is 1. The van der Waals surface area contributed by atoms with Crippen LogP contribution in [0.5, 0.6) is 11.5 Å². The van der Waals surface area contributed by atoms with Gasteiger partial charge in [0.1, 0.15) is 0 Å². The Morgan fingerprint density at radius 3 is 2.47 bits per heavy atom. The summed E-state index contributed by atoms with van der Waals surface area (Å²) in [5.41, 5.74) is 0.648. The molecule has 0 amide bonds. The lowest BCUT2D eigenvalue weighted by molar-refractivity contribution is -0.134. The number of carbonyl (C=O) groups is 1. The first-order valence-electron chi connectivity index (χ1n) is 4.80. The summed E-state index contributed by atoms with van der Waals surface area (Å²) < 4.78 is 14.7. The Morgan fingerprint density at radius 1 is 1.24 bits per heavy atom. The van der Waals surface area contributed by atoms with Crippen molar-refractivity contribution >= 4 is 23.6 Å². The van der Waals surface area contributed by atoms with Crippen LogP contribution in [-0.4, -0.2) is 27.3 Å². The maximum atomic E-state index is 11.0. The van der Waals surface area contributed by atoms with Crippen LogP contribution < -0.4 is 9.47 Å². The van der Waals surface area contributed by atoms with Crippen LogP contribution in [0.25, 0.3) is 6.08 Å². The molecule has 0 aliphatic carbocycles. The number of methoxy groups -OCH3 is 3. The lowest BCUT2D eigenvalue weighted by Gasteiger charge is -2.10. The molecule has 0 spiro atoms. The van der Waals surface area contributed by atoms with Crippen molar-refractivity contribution in [1.29, 1.82) is 0 Å². The average molecular weight is 257 g/mol. The number of esters is 1. The van der Waals surface area contributed by atoms with Crippen molar-refractivity contribution in [3.8, 4) is 11.5 Å². The number of rotatable bonds is 4. The van der Waals surface area contributed by atoms with Crippen LogP contribution in [0.4, 0.5) is 0 Å². The molecule has 0 aliphatic rings. The molecule has 0 radical (unpaired) electrons. The molecule has 17 heavy (non-hydrogen) atoms. The van der Waals surface area contributed by atoms with Gasteiger partial charge in [0.05, 0.1) is 26.4 Å². The highest BCUT2D eigenvalue weighted by atomic mass is 35.5. The fourth-order valence-electron chi connectivity index (χ4n) is 1.26. The predicted octanol–water partition coefficient (Wildman–Crippen LogP) is 2.54. The van der Waals surface area contributed by atoms with Gasteiger partial charge in [-0.1, -0.05) is 11.6 Å². The van der Waals surface area contributed by atoms with Gasteiger partial charge in [0, 0.05) is 6.08 Å². The Balaban J connectivity index is 3.11. The molecule has 0 bridgehead atoms. The molecule has 0 atom stereocenters. The molecule has 0 aromatic heterocycles. The highest BCUT2D eigenvalue weighted by Crippen LogP contribution is 2.37. The minimum absolute atomic E-state index is 0.381. The van der Waals surface area contributed by atoms with Crippen molar-refractivity contribution < 1.29 is 19.0 Å². The number of ether oxygens (including phenoxy) is 3. The Kier molecular flexibility index (Phi) is 4.84.